The van der Waals surface area contributed by atoms with Crippen LogP contribution >= 0.6 is 0 Å². The van der Waals surface area contributed by atoms with Crippen LogP contribution in [0.15, 0.2) is 47.6 Å². The van der Waals surface area contributed by atoms with Crippen molar-refractivity contribution in [1.82, 2.24) is 0 Å². The number of hydrogen-bond acceptors (Lipinski definition) is 2. The molecular weight excluding hydrogens is 148 g/mol. The van der Waals surface area contributed by atoms with Crippen LogP contribution in [0.5, 0.6) is 0 Å². The van der Waals surface area contributed by atoms with Gasteiger partial charge in [0.1, 0.15) is 0 Å². The highest BCUT2D eigenvalue weighted by Gasteiger charge is 1.79. The second kappa shape index (κ2) is 5.02. The molecule has 0 aliphatic heterocycles. The molecule has 1 aromatic carbocycles. The van der Waals surface area contributed by atoms with E-state index in [2.05, 4.69) is 4.99 Å². The van der Waals surface area contributed by atoms with Gasteiger partial charge in [0.05, 0.1) is 0 Å². The largest absolute Gasteiger partial charge is 0.309 e. The van der Waals surface area contributed by atoms with Crippen LogP contribution in [-0.2, 0) is 0 Å². The number of nitrogens with one attached hydrogen (secondary N) is 1. The third kappa shape index (κ3) is 2.92. The molecule has 0 unspecified atom stereocenters. The van der Waals surface area contributed by atoms with Crippen LogP contribution in [0.1, 0.15) is 5.56 Å². The van der Waals surface area contributed by atoms with E-state index < -0.39 is 0 Å². The van der Waals surface area contributed by atoms with Crippen LogP contribution < -0.4 is 0 Å². The van der Waals surface area contributed by atoms with Gasteiger partial charge >= 0.3 is 0 Å². The molecule has 0 bridgehead atoms. The van der Waals surface area contributed by atoms with E-state index in [0.717, 1.165) is 5.56 Å². The first-order valence-corrected chi connectivity index (χ1v) is 3.67. The molecule has 0 atom stereocenters. The average Bonchev–Trinajstić information content (AvgIpc) is 2.14. The molecule has 0 heterocycles. The van der Waals surface area contributed by atoms with Gasteiger partial charge in [-0.05, 0) is 11.6 Å². The highest BCUT2D eigenvalue weighted by atomic mass is 14.7. The minimum Gasteiger partial charge on any atom is -0.309 e. The molecule has 0 radical (unpaired) electrons. The van der Waals surface area contributed by atoms with Gasteiger partial charge in [-0.2, -0.15) is 0 Å². The van der Waals surface area contributed by atoms with Crippen LogP contribution in [0.3, 0.4) is 0 Å². The summed E-state index contributed by atoms with van der Waals surface area (Å²) in [6.45, 7) is 0. The molecule has 0 aliphatic carbocycles. The molecule has 2 nitrogen and oxygen atoms in total. The molecule has 1 aromatic rings. The molecule has 1 N–H and O–H groups in total. The standard InChI is InChI=1S/C10H10N2/c11-7-4-8-12-9-10-5-2-1-3-6-10/h1-9,11H/b8-4-,11-7?,12-9?. The number of hydrogen-bond donors (Lipinski definition) is 1. The summed E-state index contributed by atoms with van der Waals surface area (Å²) in [6, 6.07) is 9.83. The van der Waals surface area contributed by atoms with Gasteiger partial charge in [-0.3, -0.25) is 4.99 Å². The van der Waals surface area contributed by atoms with Crippen molar-refractivity contribution in [3.05, 3.63) is 48.2 Å². The van der Waals surface area contributed by atoms with Crippen molar-refractivity contribution in [1.29, 1.82) is 5.41 Å². The van der Waals surface area contributed by atoms with Gasteiger partial charge in [0.2, 0.25) is 0 Å². The van der Waals surface area contributed by atoms with Gasteiger partial charge in [-0.1, -0.05) is 30.3 Å². The smallest absolute Gasteiger partial charge is 0.0340 e. The number of aliphatic imine (C=N–C) groups is 1. The third-order valence-electron chi connectivity index (χ3n) is 1.29. The molecular formula is C10H10N2. The highest BCUT2D eigenvalue weighted by molar-refractivity contribution is 5.80. The average molecular weight is 158 g/mol. The van der Waals surface area contributed by atoms with E-state index >= 15 is 0 Å². The van der Waals surface area contributed by atoms with Gasteiger partial charge in [-0.15, -0.1) is 0 Å². The Hall–Kier alpha value is -1.70. The zero-order valence-electron chi connectivity index (χ0n) is 6.64. The van der Waals surface area contributed by atoms with E-state index in [1.165, 1.54) is 6.21 Å². The van der Waals surface area contributed by atoms with Crippen molar-refractivity contribution < 1.29 is 0 Å². The Labute approximate surface area is 71.8 Å². The van der Waals surface area contributed by atoms with Gasteiger partial charge < -0.3 is 5.41 Å². The lowest BCUT2D eigenvalue weighted by Crippen LogP contribution is -1.76. The zero-order chi connectivity index (χ0) is 8.65. The molecule has 0 saturated heterocycles. The number of benzene rings is 1. The predicted molar refractivity (Wildman–Crippen MR) is 52.0 cm³/mol. The maximum Gasteiger partial charge on any atom is 0.0340 e. The minimum absolute atomic E-state index is 1.06. The van der Waals surface area contributed by atoms with Crippen molar-refractivity contribution in [2.45, 2.75) is 0 Å². The monoisotopic (exact) mass is 158 g/mol. The summed E-state index contributed by atoms with van der Waals surface area (Å²) in [5, 5.41) is 6.70. The topological polar surface area (TPSA) is 36.2 Å². The molecule has 2 heteroatoms. The molecule has 0 aromatic heterocycles. The van der Waals surface area contributed by atoms with Crippen LogP contribution in [0.4, 0.5) is 0 Å². The Morgan fingerprint density at radius 1 is 1.17 bits per heavy atom. The first-order valence-electron chi connectivity index (χ1n) is 3.67. The third-order valence-corrected chi connectivity index (χ3v) is 1.29. The second-order valence-electron chi connectivity index (χ2n) is 2.20. The lowest BCUT2D eigenvalue weighted by atomic mass is 10.2. The van der Waals surface area contributed by atoms with Crippen molar-refractivity contribution in [3.8, 4) is 0 Å². The molecule has 12 heavy (non-hydrogen) atoms. The highest BCUT2D eigenvalue weighted by Crippen LogP contribution is 1.93. The molecule has 60 valence electrons. The summed E-state index contributed by atoms with van der Waals surface area (Å²) < 4.78 is 0. The Morgan fingerprint density at radius 3 is 2.58 bits per heavy atom. The number of allylic oxidation sites excluding steroid dienone is 1. The molecule has 0 amide bonds. The van der Waals surface area contributed by atoms with E-state index in [4.69, 9.17) is 5.41 Å². The van der Waals surface area contributed by atoms with Crippen LogP contribution in [0, 0.1) is 5.41 Å². The normalized spacial score (nSPS) is 11.0. The molecule has 0 saturated carbocycles. The fraction of sp³-hybridized carbons (Fsp3) is 0. The van der Waals surface area contributed by atoms with Crippen molar-refractivity contribution in [3.63, 3.8) is 0 Å². The van der Waals surface area contributed by atoms with Crippen molar-refractivity contribution in [2.75, 3.05) is 0 Å². The number of rotatable bonds is 3. The first-order chi connectivity index (χ1) is 5.93. The Morgan fingerprint density at radius 2 is 1.92 bits per heavy atom. The number of nitrogens with zero attached hydrogens (tertiary/aromatic N) is 1. The molecule has 1 rings (SSSR count). The summed E-state index contributed by atoms with van der Waals surface area (Å²) in [7, 11) is 0. The van der Waals surface area contributed by atoms with Gasteiger partial charge in [0.25, 0.3) is 0 Å². The van der Waals surface area contributed by atoms with Crippen LogP contribution in [-0.4, -0.2) is 12.4 Å². The SMILES string of the molecule is N=C/C=C\N=Cc1ccccc1. The van der Waals surface area contributed by atoms with Crippen LogP contribution in [0.2, 0.25) is 0 Å². The van der Waals surface area contributed by atoms with E-state index in [1.54, 1.807) is 18.5 Å². The molecule has 0 aliphatic rings. The zero-order valence-corrected chi connectivity index (χ0v) is 6.64. The van der Waals surface area contributed by atoms with E-state index in [1.807, 2.05) is 30.3 Å². The predicted octanol–water partition coefficient (Wildman–Crippen LogP) is 2.27. The Kier molecular flexibility index (Phi) is 3.51. The molecule has 0 fully saturated rings. The first kappa shape index (κ1) is 8.40. The van der Waals surface area contributed by atoms with E-state index in [0.29, 0.717) is 0 Å². The summed E-state index contributed by atoms with van der Waals surface area (Å²) >= 11 is 0. The lowest BCUT2D eigenvalue weighted by molar-refractivity contribution is 1.54. The van der Waals surface area contributed by atoms with E-state index in [9.17, 15) is 0 Å². The quantitative estimate of drug-likeness (QED) is 0.655. The summed E-state index contributed by atoms with van der Waals surface area (Å²) in [6.07, 6.45) is 6.10. The van der Waals surface area contributed by atoms with Gasteiger partial charge in [0.15, 0.2) is 0 Å². The Bertz CT molecular complexity index is 286. The second-order valence-corrected chi connectivity index (χ2v) is 2.20. The van der Waals surface area contributed by atoms with Crippen LogP contribution in [0.25, 0.3) is 0 Å². The van der Waals surface area contributed by atoms with Crippen molar-refractivity contribution in [2.24, 2.45) is 4.99 Å². The molecule has 0 spiro atoms. The summed E-state index contributed by atoms with van der Waals surface area (Å²) in [4.78, 5) is 3.97. The lowest BCUT2D eigenvalue weighted by Gasteiger charge is -1.86. The van der Waals surface area contributed by atoms with Gasteiger partial charge in [-0.25, -0.2) is 0 Å². The summed E-state index contributed by atoms with van der Waals surface area (Å²) in [5.74, 6) is 0. The maximum absolute atomic E-state index is 6.70. The van der Waals surface area contributed by atoms with E-state index in [-0.39, 0.29) is 0 Å². The van der Waals surface area contributed by atoms with Gasteiger partial charge in [0, 0.05) is 18.6 Å². The Balaban J connectivity index is 2.58. The summed E-state index contributed by atoms with van der Waals surface area (Å²) in [5.41, 5.74) is 1.06. The van der Waals surface area contributed by atoms with Crippen molar-refractivity contribution >= 4 is 12.4 Å². The fourth-order valence-electron chi connectivity index (χ4n) is 0.761. The fourth-order valence-corrected chi connectivity index (χ4v) is 0.761. The minimum atomic E-state index is 1.06. The maximum atomic E-state index is 6.70.